The molecule has 0 radical (unpaired) electrons. The van der Waals surface area contributed by atoms with Crippen LogP contribution in [0, 0.1) is 0 Å². The van der Waals surface area contributed by atoms with Crippen molar-refractivity contribution < 1.29 is 9.59 Å². The molecular weight excluding hydrogens is 264 g/mol. The third-order valence-corrected chi connectivity index (χ3v) is 4.39. The molecule has 2 aliphatic rings. The number of nitrogens with one attached hydrogen (secondary N) is 1. The summed E-state index contributed by atoms with van der Waals surface area (Å²) in [4.78, 5) is 27.4. The molecule has 0 unspecified atom stereocenters. The van der Waals surface area contributed by atoms with Crippen molar-refractivity contribution in [2.24, 2.45) is 0 Å². The van der Waals surface area contributed by atoms with Gasteiger partial charge in [-0.1, -0.05) is 26.0 Å². The zero-order valence-corrected chi connectivity index (χ0v) is 12.8. The fourth-order valence-corrected chi connectivity index (χ4v) is 3.43. The molecule has 0 aliphatic carbocycles. The molecule has 0 saturated carbocycles. The Balaban J connectivity index is 2.11. The third-order valence-electron chi connectivity index (χ3n) is 4.39. The van der Waals surface area contributed by atoms with E-state index >= 15 is 0 Å². The number of carbonyl (C=O) groups excluding carboxylic acids is 2. The second-order valence-electron chi connectivity index (χ2n) is 6.41. The summed E-state index contributed by atoms with van der Waals surface area (Å²) in [5.74, 6) is 0.102. The Labute approximate surface area is 125 Å². The first-order chi connectivity index (χ1) is 9.99. The fourth-order valence-electron chi connectivity index (χ4n) is 3.43. The van der Waals surface area contributed by atoms with E-state index in [1.165, 1.54) is 0 Å². The van der Waals surface area contributed by atoms with Gasteiger partial charge in [-0.25, -0.2) is 0 Å². The number of benzene rings is 1. The molecule has 0 aromatic heterocycles. The summed E-state index contributed by atoms with van der Waals surface area (Å²) in [7, 11) is 0. The molecule has 1 aromatic rings. The molecule has 2 aliphatic heterocycles. The molecule has 1 N–H and O–H groups in total. The van der Waals surface area contributed by atoms with Crippen LogP contribution < -0.4 is 10.2 Å². The van der Waals surface area contributed by atoms with Crippen LogP contribution in [0.3, 0.4) is 0 Å². The van der Waals surface area contributed by atoms with Crippen LogP contribution in [0.2, 0.25) is 0 Å². The predicted molar refractivity (Wildman–Crippen MR) is 82.7 cm³/mol. The van der Waals surface area contributed by atoms with Gasteiger partial charge in [0.05, 0.1) is 11.7 Å². The third kappa shape index (κ3) is 2.38. The van der Waals surface area contributed by atoms with E-state index in [1.54, 1.807) is 0 Å². The van der Waals surface area contributed by atoms with E-state index in [2.05, 4.69) is 12.2 Å². The molecule has 0 saturated heterocycles. The number of para-hydroxylation sites is 1. The maximum Gasteiger partial charge on any atom is 0.244 e. The maximum absolute atomic E-state index is 12.9. The number of hydrogen-bond acceptors (Lipinski definition) is 3. The van der Waals surface area contributed by atoms with Crippen LogP contribution in [0.15, 0.2) is 18.2 Å². The van der Waals surface area contributed by atoms with Crippen molar-refractivity contribution in [3.8, 4) is 0 Å². The van der Waals surface area contributed by atoms with Gasteiger partial charge in [0.2, 0.25) is 5.91 Å². The summed E-state index contributed by atoms with van der Waals surface area (Å²) in [6.07, 6.45) is 2.13. The average molecular weight is 286 g/mol. The van der Waals surface area contributed by atoms with Gasteiger partial charge in [-0.3, -0.25) is 9.59 Å². The highest BCUT2D eigenvalue weighted by Gasteiger charge is 2.39. The molecule has 112 valence electrons. The second kappa shape index (κ2) is 5.26. The van der Waals surface area contributed by atoms with E-state index in [-0.39, 0.29) is 30.2 Å². The Morgan fingerprint density at radius 1 is 1.29 bits per heavy atom. The minimum Gasteiger partial charge on any atom is -0.307 e. The van der Waals surface area contributed by atoms with Gasteiger partial charge in [0.25, 0.3) is 0 Å². The Hall–Kier alpha value is -1.68. The zero-order valence-electron chi connectivity index (χ0n) is 12.8. The van der Waals surface area contributed by atoms with Crippen LogP contribution in [0.1, 0.15) is 49.5 Å². The molecule has 0 bridgehead atoms. The van der Waals surface area contributed by atoms with Crippen LogP contribution in [0.5, 0.6) is 0 Å². The number of rotatable bonds is 2. The van der Waals surface area contributed by atoms with Crippen molar-refractivity contribution in [1.29, 1.82) is 0 Å². The topological polar surface area (TPSA) is 49.4 Å². The lowest BCUT2D eigenvalue weighted by Crippen LogP contribution is -2.52. The fraction of sp³-hybridized carbons (Fsp3) is 0.529. The minimum absolute atomic E-state index is 0.0375. The summed E-state index contributed by atoms with van der Waals surface area (Å²) in [5, 5.41) is 3.25. The van der Waals surface area contributed by atoms with Crippen molar-refractivity contribution in [1.82, 2.24) is 5.32 Å². The molecule has 1 amide bonds. The zero-order chi connectivity index (χ0) is 15.1. The quantitative estimate of drug-likeness (QED) is 0.907. The number of carbonyl (C=O) groups is 2. The summed E-state index contributed by atoms with van der Waals surface area (Å²) in [6, 6.07) is 5.73. The average Bonchev–Trinajstić information content (AvgIpc) is 2.53. The first-order valence-electron chi connectivity index (χ1n) is 7.73. The van der Waals surface area contributed by atoms with Crippen LogP contribution >= 0.6 is 0 Å². The van der Waals surface area contributed by atoms with Gasteiger partial charge in [0, 0.05) is 24.1 Å². The highest BCUT2D eigenvalue weighted by atomic mass is 16.2. The number of nitrogens with zero attached hydrogens (tertiary/aromatic N) is 1. The Morgan fingerprint density at radius 2 is 2.05 bits per heavy atom. The Bertz CT molecular complexity index is 594. The predicted octanol–water partition coefficient (Wildman–Crippen LogP) is 2.31. The van der Waals surface area contributed by atoms with Gasteiger partial charge in [-0.15, -0.1) is 0 Å². The van der Waals surface area contributed by atoms with Crippen molar-refractivity contribution in [2.75, 3.05) is 4.90 Å². The highest BCUT2D eigenvalue weighted by molar-refractivity contribution is 6.13. The lowest BCUT2D eigenvalue weighted by molar-refractivity contribution is -0.121. The van der Waals surface area contributed by atoms with Gasteiger partial charge >= 0.3 is 0 Å². The van der Waals surface area contributed by atoms with Gasteiger partial charge in [-0.2, -0.15) is 0 Å². The molecule has 0 fully saturated rings. The first-order valence-corrected chi connectivity index (χ1v) is 7.73. The number of aryl methyl sites for hydroxylation is 1. The van der Waals surface area contributed by atoms with E-state index in [0.29, 0.717) is 5.56 Å². The molecule has 4 nitrogen and oxygen atoms in total. The van der Waals surface area contributed by atoms with Crippen LogP contribution in [-0.4, -0.2) is 29.8 Å². The van der Waals surface area contributed by atoms with Gasteiger partial charge in [0.15, 0.2) is 5.78 Å². The standard InChI is InChI=1S/C17H22N2O2/c1-10(2)18-14-9-15(20)13-6-4-5-12-8-7-11(3)19(16(12)13)17(14)21/h4-6,10-11,14,18H,7-9H2,1-3H3/t11-,14+/m1/s1. The molecule has 2 heterocycles. The minimum atomic E-state index is -0.418. The smallest absolute Gasteiger partial charge is 0.244 e. The van der Waals surface area contributed by atoms with Crippen molar-refractivity contribution in [2.45, 2.75) is 58.2 Å². The van der Waals surface area contributed by atoms with Crippen molar-refractivity contribution in [3.05, 3.63) is 29.3 Å². The largest absolute Gasteiger partial charge is 0.307 e. The Kier molecular flexibility index (Phi) is 3.57. The van der Waals surface area contributed by atoms with Crippen molar-refractivity contribution in [3.63, 3.8) is 0 Å². The van der Waals surface area contributed by atoms with E-state index < -0.39 is 6.04 Å². The van der Waals surface area contributed by atoms with Crippen molar-refractivity contribution >= 4 is 17.4 Å². The molecule has 4 heteroatoms. The summed E-state index contributed by atoms with van der Waals surface area (Å²) < 4.78 is 0. The molecule has 2 atom stereocenters. The molecule has 0 spiro atoms. The lowest BCUT2D eigenvalue weighted by Gasteiger charge is -2.37. The van der Waals surface area contributed by atoms with Crippen LogP contribution in [-0.2, 0) is 11.2 Å². The van der Waals surface area contributed by atoms with Gasteiger partial charge in [-0.05, 0) is 31.4 Å². The SMILES string of the molecule is CC(C)N[C@H]1CC(=O)c2cccc3c2N(C1=O)[C@H](C)CC3. The van der Waals surface area contributed by atoms with Gasteiger partial charge < -0.3 is 10.2 Å². The number of ketones is 1. The summed E-state index contributed by atoms with van der Waals surface area (Å²) in [6.45, 7) is 6.07. The highest BCUT2D eigenvalue weighted by Crippen LogP contribution is 2.37. The maximum atomic E-state index is 12.9. The van der Waals surface area contributed by atoms with Crippen LogP contribution in [0.4, 0.5) is 5.69 Å². The number of anilines is 1. The monoisotopic (exact) mass is 286 g/mol. The second-order valence-corrected chi connectivity index (χ2v) is 6.41. The Morgan fingerprint density at radius 3 is 2.76 bits per heavy atom. The molecule has 3 rings (SSSR count). The van der Waals surface area contributed by atoms with Gasteiger partial charge in [0.1, 0.15) is 0 Å². The molecule has 21 heavy (non-hydrogen) atoms. The van der Waals surface area contributed by atoms with E-state index in [4.69, 9.17) is 0 Å². The van der Waals surface area contributed by atoms with E-state index in [0.717, 1.165) is 24.1 Å². The van der Waals surface area contributed by atoms with E-state index in [1.807, 2.05) is 36.9 Å². The normalized spacial score (nSPS) is 25.0. The summed E-state index contributed by atoms with van der Waals surface area (Å²) in [5.41, 5.74) is 2.69. The van der Waals surface area contributed by atoms with Crippen LogP contribution in [0.25, 0.3) is 0 Å². The number of Topliss-reactive ketones (excluding diaryl/α,β-unsaturated/α-hetero) is 1. The summed E-state index contributed by atoms with van der Waals surface area (Å²) >= 11 is 0. The molecule has 1 aromatic carbocycles. The first kappa shape index (κ1) is 14.3. The lowest BCUT2D eigenvalue weighted by atomic mass is 9.93. The van der Waals surface area contributed by atoms with E-state index in [9.17, 15) is 9.59 Å². The number of hydrogen-bond donors (Lipinski definition) is 1. The molecular formula is C17H22N2O2. The number of amides is 1.